The van der Waals surface area contributed by atoms with Gasteiger partial charge in [0.05, 0.1) is 28.5 Å². The van der Waals surface area contributed by atoms with Gasteiger partial charge in [-0.15, -0.1) is 11.3 Å². The number of rotatable bonds is 3. The summed E-state index contributed by atoms with van der Waals surface area (Å²) in [5, 5.41) is 0.994. The lowest BCUT2D eigenvalue weighted by Crippen LogP contribution is -2.41. The molecule has 0 unspecified atom stereocenters. The number of hydrogen-bond donors (Lipinski definition) is 0. The minimum atomic E-state index is -0.339. The zero-order valence-electron chi connectivity index (χ0n) is 15.7. The van der Waals surface area contributed by atoms with Crippen LogP contribution in [0.15, 0.2) is 42.5 Å². The van der Waals surface area contributed by atoms with E-state index in [0.717, 1.165) is 32.0 Å². The van der Waals surface area contributed by atoms with Gasteiger partial charge in [-0.25, -0.2) is 4.98 Å². The second kappa shape index (κ2) is 6.08. The van der Waals surface area contributed by atoms with Crippen LogP contribution in [0.2, 0.25) is 0 Å². The van der Waals surface area contributed by atoms with Gasteiger partial charge < -0.3 is 14.0 Å². The van der Waals surface area contributed by atoms with Gasteiger partial charge in [-0.1, -0.05) is 24.3 Å². The van der Waals surface area contributed by atoms with Crippen LogP contribution in [-0.4, -0.2) is 30.4 Å². The van der Waals surface area contributed by atoms with Crippen molar-refractivity contribution in [3.05, 3.63) is 42.5 Å². The van der Waals surface area contributed by atoms with Crippen LogP contribution >= 0.6 is 11.3 Å². The minimum absolute atomic E-state index is 0.331. The number of benzene rings is 2. The standard InChI is InChI=1S/C20H22BNO3S/c1-19(2)20(3,4)25-21(24-19)14-8-6-13(7-9-14)18-22-16-11-10-15(23-5)12-17(16)26-18/h6-12H,1-5H3. The fraction of sp³-hybridized carbons (Fsp3) is 0.350. The highest BCUT2D eigenvalue weighted by Gasteiger charge is 2.51. The summed E-state index contributed by atoms with van der Waals surface area (Å²) in [7, 11) is 1.34. The Morgan fingerprint density at radius 3 is 2.23 bits per heavy atom. The number of hydrogen-bond acceptors (Lipinski definition) is 5. The van der Waals surface area contributed by atoms with Gasteiger partial charge in [-0.3, -0.25) is 0 Å². The Labute approximate surface area is 158 Å². The van der Waals surface area contributed by atoms with Crippen LogP contribution in [0.5, 0.6) is 5.75 Å². The van der Waals surface area contributed by atoms with E-state index in [-0.39, 0.29) is 18.3 Å². The van der Waals surface area contributed by atoms with E-state index in [9.17, 15) is 0 Å². The Morgan fingerprint density at radius 2 is 1.62 bits per heavy atom. The topological polar surface area (TPSA) is 40.6 Å². The maximum atomic E-state index is 6.12. The second-order valence-electron chi connectivity index (χ2n) is 7.56. The van der Waals surface area contributed by atoms with Crippen molar-refractivity contribution < 1.29 is 14.0 Å². The minimum Gasteiger partial charge on any atom is -0.497 e. The van der Waals surface area contributed by atoms with Crippen molar-refractivity contribution in [2.24, 2.45) is 0 Å². The molecule has 1 aliphatic rings. The van der Waals surface area contributed by atoms with E-state index in [0.29, 0.717) is 0 Å². The molecule has 1 saturated heterocycles. The number of aromatic nitrogens is 1. The predicted molar refractivity (Wildman–Crippen MR) is 107 cm³/mol. The molecule has 0 spiro atoms. The van der Waals surface area contributed by atoms with E-state index in [1.54, 1.807) is 18.4 Å². The molecule has 4 nitrogen and oxygen atoms in total. The summed E-state index contributed by atoms with van der Waals surface area (Å²) in [6.45, 7) is 8.26. The lowest BCUT2D eigenvalue weighted by molar-refractivity contribution is 0.00578. The van der Waals surface area contributed by atoms with Gasteiger partial charge in [0.1, 0.15) is 10.8 Å². The van der Waals surface area contributed by atoms with E-state index >= 15 is 0 Å². The maximum absolute atomic E-state index is 6.12. The average Bonchev–Trinajstić information content (AvgIpc) is 3.12. The van der Waals surface area contributed by atoms with Crippen molar-refractivity contribution in [1.82, 2.24) is 4.98 Å². The predicted octanol–water partition coefficient (Wildman–Crippen LogP) is 4.27. The normalized spacial score (nSPS) is 18.4. The molecule has 0 aliphatic carbocycles. The molecule has 0 bridgehead atoms. The Hall–Kier alpha value is -1.89. The maximum Gasteiger partial charge on any atom is 0.494 e. The first-order valence-electron chi connectivity index (χ1n) is 8.70. The second-order valence-corrected chi connectivity index (χ2v) is 8.59. The number of methoxy groups -OCH3 is 1. The molecule has 0 atom stereocenters. The van der Waals surface area contributed by atoms with E-state index in [4.69, 9.17) is 19.0 Å². The third kappa shape index (κ3) is 2.92. The first-order valence-corrected chi connectivity index (χ1v) is 9.51. The van der Waals surface area contributed by atoms with Crippen LogP contribution in [-0.2, 0) is 9.31 Å². The summed E-state index contributed by atoms with van der Waals surface area (Å²) in [5.74, 6) is 0.851. The molecule has 1 aromatic heterocycles. The fourth-order valence-corrected chi connectivity index (χ4v) is 3.92. The van der Waals surface area contributed by atoms with E-state index < -0.39 is 0 Å². The summed E-state index contributed by atoms with van der Waals surface area (Å²) < 4.78 is 18.7. The molecule has 2 heterocycles. The molecular weight excluding hydrogens is 345 g/mol. The van der Waals surface area contributed by atoms with Crippen LogP contribution in [0.1, 0.15) is 27.7 Å². The van der Waals surface area contributed by atoms with Gasteiger partial charge in [0.15, 0.2) is 0 Å². The van der Waals surface area contributed by atoms with Gasteiger partial charge in [0.2, 0.25) is 0 Å². The van der Waals surface area contributed by atoms with E-state index in [1.165, 1.54) is 0 Å². The summed E-state index contributed by atoms with van der Waals surface area (Å²) in [5.41, 5.74) is 2.44. The van der Waals surface area contributed by atoms with Crippen molar-refractivity contribution in [3.63, 3.8) is 0 Å². The summed E-state index contributed by atoms with van der Waals surface area (Å²) in [6.07, 6.45) is 0. The third-order valence-electron chi connectivity index (χ3n) is 5.28. The monoisotopic (exact) mass is 367 g/mol. The molecule has 4 rings (SSSR count). The van der Waals surface area contributed by atoms with Crippen molar-refractivity contribution in [3.8, 4) is 16.3 Å². The highest BCUT2D eigenvalue weighted by atomic mass is 32.1. The molecule has 0 saturated carbocycles. The SMILES string of the molecule is COc1ccc2nc(-c3ccc(B4OC(C)(C)C(C)(C)O4)cc3)sc2c1. The molecule has 3 aromatic rings. The Balaban J connectivity index is 1.60. The Bertz CT molecular complexity index is 933. The van der Waals surface area contributed by atoms with Crippen LogP contribution in [0, 0.1) is 0 Å². The molecule has 0 N–H and O–H groups in total. The Morgan fingerprint density at radius 1 is 0.962 bits per heavy atom. The summed E-state index contributed by atoms with van der Waals surface area (Å²) in [4.78, 5) is 4.73. The third-order valence-corrected chi connectivity index (χ3v) is 6.35. The average molecular weight is 367 g/mol. The first-order chi connectivity index (χ1) is 12.3. The quantitative estimate of drug-likeness (QED) is 0.649. The van der Waals surface area contributed by atoms with Gasteiger partial charge in [-0.05, 0) is 51.4 Å². The zero-order chi connectivity index (χ0) is 18.5. The molecule has 6 heteroatoms. The van der Waals surface area contributed by atoms with Crippen molar-refractivity contribution in [2.75, 3.05) is 7.11 Å². The molecule has 1 aliphatic heterocycles. The van der Waals surface area contributed by atoms with Crippen molar-refractivity contribution >= 4 is 34.1 Å². The van der Waals surface area contributed by atoms with Gasteiger partial charge in [-0.2, -0.15) is 0 Å². The molecule has 0 amide bonds. The molecule has 1 fully saturated rings. The molecule has 0 radical (unpaired) electrons. The van der Waals surface area contributed by atoms with Gasteiger partial charge in [0, 0.05) is 5.56 Å². The van der Waals surface area contributed by atoms with E-state index in [2.05, 4.69) is 52.0 Å². The number of fused-ring (bicyclic) bond motifs is 1. The highest BCUT2D eigenvalue weighted by Crippen LogP contribution is 2.37. The largest absolute Gasteiger partial charge is 0.497 e. The first kappa shape index (κ1) is 17.5. The molecule has 134 valence electrons. The van der Waals surface area contributed by atoms with E-state index in [1.807, 2.05) is 18.2 Å². The van der Waals surface area contributed by atoms with Gasteiger partial charge >= 0.3 is 7.12 Å². The summed E-state index contributed by atoms with van der Waals surface area (Å²) in [6, 6.07) is 14.2. The van der Waals surface area contributed by atoms with Crippen molar-refractivity contribution in [2.45, 2.75) is 38.9 Å². The number of thiazole rings is 1. The molecule has 2 aromatic carbocycles. The smallest absolute Gasteiger partial charge is 0.494 e. The number of ether oxygens (including phenoxy) is 1. The zero-order valence-corrected chi connectivity index (χ0v) is 16.5. The lowest BCUT2D eigenvalue weighted by Gasteiger charge is -2.32. The fourth-order valence-electron chi connectivity index (χ4n) is 2.92. The molecule has 26 heavy (non-hydrogen) atoms. The van der Waals surface area contributed by atoms with Crippen LogP contribution in [0.25, 0.3) is 20.8 Å². The summed E-state index contributed by atoms with van der Waals surface area (Å²) >= 11 is 1.66. The Kier molecular flexibility index (Phi) is 4.10. The van der Waals surface area contributed by atoms with Gasteiger partial charge in [0.25, 0.3) is 0 Å². The van der Waals surface area contributed by atoms with Crippen LogP contribution in [0.3, 0.4) is 0 Å². The number of nitrogens with zero attached hydrogens (tertiary/aromatic N) is 1. The van der Waals surface area contributed by atoms with Crippen molar-refractivity contribution in [1.29, 1.82) is 0 Å². The highest BCUT2D eigenvalue weighted by molar-refractivity contribution is 7.21. The molecular formula is C20H22BNO3S. The lowest BCUT2D eigenvalue weighted by atomic mass is 9.79. The van der Waals surface area contributed by atoms with Crippen LogP contribution in [0.4, 0.5) is 0 Å². The van der Waals surface area contributed by atoms with Crippen LogP contribution < -0.4 is 10.2 Å².